The average molecular weight is 326 g/mol. The number of rotatable bonds is 3. The monoisotopic (exact) mass is 326 g/mol. The number of piperidine rings is 1. The first-order chi connectivity index (χ1) is 11.6. The number of nitrogens with zero attached hydrogens (tertiary/aromatic N) is 4. The van der Waals surface area contributed by atoms with E-state index < -0.39 is 5.97 Å². The summed E-state index contributed by atoms with van der Waals surface area (Å²) in [7, 11) is 0. The van der Waals surface area contributed by atoms with Crippen LogP contribution >= 0.6 is 0 Å². The van der Waals surface area contributed by atoms with E-state index in [1.807, 2.05) is 0 Å². The Bertz CT molecular complexity index is 779. The van der Waals surface area contributed by atoms with Crippen molar-refractivity contribution in [3.05, 3.63) is 42.4 Å². The summed E-state index contributed by atoms with van der Waals surface area (Å²) in [4.78, 5) is 30.0. The number of likely N-dealkylation sites (tertiary alicyclic amines) is 1. The summed E-state index contributed by atoms with van der Waals surface area (Å²) in [6, 6.07) is 7.10. The fourth-order valence-electron chi connectivity index (χ4n) is 3.64. The SMILES string of the molecule is O=C(O)C1CC12CCN(C(=O)c1cccc(-n3cccn3)n1)CC2. The molecular formula is C17H18N4O3. The van der Waals surface area contributed by atoms with Crippen molar-refractivity contribution in [2.45, 2.75) is 19.3 Å². The van der Waals surface area contributed by atoms with Gasteiger partial charge < -0.3 is 10.0 Å². The van der Waals surface area contributed by atoms with Crippen molar-refractivity contribution in [3.63, 3.8) is 0 Å². The molecule has 4 rings (SSSR count). The lowest BCUT2D eigenvalue weighted by Gasteiger charge is -2.32. The Morgan fingerprint density at radius 1 is 1.21 bits per heavy atom. The van der Waals surface area contributed by atoms with Gasteiger partial charge in [-0.2, -0.15) is 5.10 Å². The van der Waals surface area contributed by atoms with Gasteiger partial charge in [0.25, 0.3) is 5.91 Å². The largest absolute Gasteiger partial charge is 0.481 e. The number of aliphatic carboxylic acids is 1. The maximum absolute atomic E-state index is 12.7. The van der Waals surface area contributed by atoms with Crippen molar-refractivity contribution in [1.82, 2.24) is 19.7 Å². The van der Waals surface area contributed by atoms with Crippen LogP contribution in [0.3, 0.4) is 0 Å². The Hall–Kier alpha value is -2.70. The fourth-order valence-corrected chi connectivity index (χ4v) is 3.64. The molecule has 2 aromatic heterocycles. The van der Waals surface area contributed by atoms with E-state index in [2.05, 4.69) is 10.1 Å². The molecule has 1 atom stereocenters. The van der Waals surface area contributed by atoms with Crippen molar-refractivity contribution >= 4 is 11.9 Å². The molecule has 0 bridgehead atoms. The van der Waals surface area contributed by atoms with E-state index in [0.29, 0.717) is 24.6 Å². The Labute approximate surface area is 138 Å². The topological polar surface area (TPSA) is 88.3 Å². The van der Waals surface area contributed by atoms with Crippen molar-refractivity contribution < 1.29 is 14.7 Å². The van der Waals surface area contributed by atoms with Crippen LogP contribution in [-0.4, -0.2) is 49.7 Å². The third-order valence-corrected chi connectivity index (χ3v) is 5.23. The fraction of sp³-hybridized carbons (Fsp3) is 0.412. The third-order valence-electron chi connectivity index (χ3n) is 5.23. The number of carboxylic acid groups (broad SMARTS) is 1. The molecule has 1 spiro atoms. The molecule has 7 nitrogen and oxygen atoms in total. The van der Waals surface area contributed by atoms with E-state index in [0.717, 1.165) is 19.3 Å². The zero-order valence-corrected chi connectivity index (χ0v) is 13.1. The van der Waals surface area contributed by atoms with Gasteiger partial charge in [0.1, 0.15) is 5.69 Å². The highest BCUT2D eigenvalue weighted by Crippen LogP contribution is 2.59. The van der Waals surface area contributed by atoms with Crippen LogP contribution in [0.2, 0.25) is 0 Å². The second-order valence-electron chi connectivity index (χ2n) is 6.58. The summed E-state index contributed by atoms with van der Waals surface area (Å²) >= 11 is 0. The number of hydrogen-bond donors (Lipinski definition) is 1. The number of pyridine rings is 1. The van der Waals surface area contributed by atoms with Crippen molar-refractivity contribution in [1.29, 1.82) is 0 Å². The third kappa shape index (κ3) is 2.46. The van der Waals surface area contributed by atoms with E-state index in [-0.39, 0.29) is 17.2 Å². The Morgan fingerprint density at radius 3 is 2.62 bits per heavy atom. The molecule has 1 saturated carbocycles. The number of carboxylic acids is 1. The molecule has 1 aliphatic carbocycles. The molecule has 1 aliphatic heterocycles. The molecule has 2 fully saturated rings. The van der Waals surface area contributed by atoms with E-state index >= 15 is 0 Å². The highest BCUT2D eigenvalue weighted by molar-refractivity contribution is 5.92. The van der Waals surface area contributed by atoms with Gasteiger partial charge in [0.05, 0.1) is 5.92 Å². The highest BCUT2D eigenvalue weighted by Gasteiger charge is 2.59. The van der Waals surface area contributed by atoms with Gasteiger partial charge in [-0.05, 0) is 42.9 Å². The Kier molecular flexibility index (Phi) is 3.37. The van der Waals surface area contributed by atoms with Crippen LogP contribution in [0.4, 0.5) is 0 Å². The second kappa shape index (κ2) is 5.43. The van der Waals surface area contributed by atoms with Gasteiger partial charge >= 0.3 is 5.97 Å². The lowest BCUT2D eigenvalue weighted by molar-refractivity contribution is -0.139. The molecule has 1 N–H and O–H groups in total. The van der Waals surface area contributed by atoms with E-state index in [1.54, 1.807) is 46.2 Å². The summed E-state index contributed by atoms with van der Waals surface area (Å²) in [5.74, 6) is -0.432. The molecule has 2 aliphatic rings. The number of carbonyl (C=O) groups excluding carboxylic acids is 1. The molecule has 0 radical (unpaired) electrons. The summed E-state index contributed by atoms with van der Waals surface area (Å²) in [6.07, 6.45) is 5.70. The van der Waals surface area contributed by atoms with Gasteiger partial charge in [-0.25, -0.2) is 9.67 Å². The molecule has 0 aromatic carbocycles. The molecular weight excluding hydrogens is 308 g/mol. The zero-order valence-electron chi connectivity index (χ0n) is 13.1. The lowest BCUT2D eigenvalue weighted by Crippen LogP contribution is -2.40. The summed E-state index contributed by atoms with van der Waals surface area (Å²) in [6.45, 7) is 1.19. The first kappa shape index (κ1) is 14.9. The summed E-state index contributed by atoms with van der Waals surface area (Å²) in [5.41, 5.74) is 0.317. The summed E-state index contributed by atoms with van der Waals surface area (Å²) < 4.78 is 1.61. The van der Waals surface area contributed by atoms with Gasteiger partial charge in [-0.3, -0.25) is 9.59 Å². The van der Waals surface area contributed by atoms with Crippen LogP contribution in [0.15, 0.2) is 36.7 Å². The van der Waals surface area contributed by atoms with Crippen molar-refractivity contribution in [2.75, 3.05) is 13.1 Å². The Balaban J connectivity index is 1.46. The number of aromatic nitrogens is 3. The van der Waals surface area contributed by atoms with Crippen LogP contribution in [-0.2, 0) is 4.79 Å². The normalized spacial score (nSPS) is 21.7. The van der Waals surface area contributed by atoms with Crippen LogP contribution in [0, 0.1) is 11.3 Å². The predicted octanol–water partition coefficient (Wildman–Crippen LogP) is 1.59. The number of carbonyl (C=O) groups is 2. The number of hydrogen-bond acceptors (Lipinski definition) is 4. The van der Waals surface area contributed by atoms with Crippen molar-refractivity contribution in [3.8, 4) is 5.82 Å². The molecule has 7 heteroatoms. The zero-order chi connectivity index (χ0) is 16.7. The standard InChI is InChI=1S/C17H18N4O3/c22-15(13-3-1-4-14(19-13)21-8-2-7-18-21)20-9-5-17(6-10-20)11-12(17)16(23)24/h1-4,7-8,12H,5-6,9-11H2,(H,23,24). The van der Waals surface area contributed by atoms with Gasteiger partial charge in [-0.1, -0.05) is 6.07 Å². The maximum atomic E-state index is 12.7. The lowest BCUT2D eigenvalue weighted by atomic mass is 9.90. The molecule has 2 aromatic rings. The second-order valence-corrected chi connectivity index (χ2v) is 6.58. The van der Waals surface area contributed by atoms with E-state index in [4.69, 9.17) is 5.11 Å². The molecule has 3 heterocycles. The van der Waals surface area contributed by atoms with E-state index in [9.17, 15) is 9.59 Å². The first-order valence-corrected chi connectivity index (χ1v) is 8.08. The van der Waals surface area contributed by atoms with Crippen LogP contribution in [0.5, 0.6) is 0 Å². The van der Waals surface area contributed by atoms with Gasteiger partial charge in [0.2, 0.25) is 0 Å². The quantitative estimate of drug-likeness (QED) is 0.925. The maximum Gasteiger partial charge on any atom is 0.307 e. The minimum Gasteiger partial charge on any atom is -0.481 e. The van der Waals surface area contributed by atoms with E-state index in [1.165, 1.54) is 0 Å². The molecule has 124 valence electrons. The molecule has 1 unspecified atom stereocenters. The number of amides is 1. The van der Waals surface area contributed by atoms with Gasteiger partial charge in [0.15, 0.2) is 5.82 Å². The smallest absolute Gasteiger partial charge is 0.307 e. The minimum atomic E-state index is -0.705. The van der Waals surface area contributed by atoms with Crippen molar-refractivity contribution in [2.24, 2.45) is 11.3 Å². The van der Waals surface area contributed by atoms with Crippen LogP contribution in [0.1, 0.15) is 29.8 Å². The molecule has 1 saturated heterocycles. The first-order valence-electron chi connectivity index (χ1n) is 8.08. The van der Waals surface area contributed by atoms with Crippen LogP contribution < -0.4 is 0 Å². The minimum absolute atomic E-state index is 0.0764. The summed E-state index contributed by atoms with van der Waals surface area (Å²) in [5, 5.41) is 13.3. The Morgan fingerprint density at radius 2 is 2.00 bits per heavy atom. The average Bonchev–Trinajstić information content (AvgIpc) is 3.05. The van der Waals surface area contributed by atoms with Gasteiger partial charge in [0, 0.05) is 25.5 Å². The molecule has 1 amide bonds. The highest BCUT2D eigenvalue weighted by atomic mass is 16.4. The van der Waals surface area contributed by atoms with Gasteiger partial charge in [-0.15, -0.1) is 0 Å². The van der Waals surface area contributed by atoms with Crippen LogP contribution in [0.25, 0.3) is 5.82 Å². The molecule has 24 heavy (non-hydrogen) atoms. The predicted molar refractivity (Wildman–Crippen MR) is 84.7 cm³/mol.